The van der Waals surface area contributed by atoms with Crippen LogP contribution in [0.2, 0.25) is 0 Å². The van der Waals surface area contributed by atoms with Crippen molar-refractivity contribution in [2.75, 3.05) is 0 Å². The van der Waals surface area contributed by atoms with Gasteiger partial charge in [0.2, 0.25) is 0 Å². The predicted octanol–water partition coefficient (Wildman–Crippen LogP) is 2.89. The van der Waals surface area contributed by atoms with Crippen LogP contribution in [0.5, 0.6) is 0 Å². The zero-order valence-electron chi connectivity index (χ0n) is 7.61. The minimum atomic E-state index is 0. The molecule has 0 bridgehead atoms. The molecule has 1 aliphatic carbocycles. The van der Waals surface area contributed by atoms with E-state index in [1.165, 1.54) is 25.7 Å². The van der Waals surface area contributed by atoms with Gasteiger partial charge < -0.3 is 10.2 Å². The number of rotatable bonds is 2. The van der Waals surface area contributed by atoms with Gasteiger partial charge in [-0.3, -0.25) is 0 Å². The highest BCUT2D eigenvalue weighted by Crippen LogP contribution is 2.33. The molecule has 1 atom stereocenters. The fourth-order valence-corrected chi connectivity index (χ4v) is 2.03. The molecule has 1 fully saturated rings. The van der Waals surface area contributed by atoms with Crippen molar-refractivity contribution in [1.29, 1.82) is 0 Å². The molecule has 0 saturated heterocycles. The molecule has 74 valence electrons. The van der Waals surface area contributed by atoms with E-state index in [9.17, 15) is 0 Å². The predicted molar refractivity (Wildman–Crippen MR) is 54.8 cm³/mol. The average molecular weight is 202 g/mol. The molecule has 2 nitrogen and oxygen atoms in total. The molecule has 1 aromatic heterocycles. The van der Waals surface area contributed by atoms with Crippen molar-refractivity contribution < 1.29 is 4.42 Å². The SMILES string of the molecule is Cl.N[C@H](c1ccco1)C1CCCC1. The Hall–Kier alpha value is -0.470. The third-order valence-corrected chi connectivity index (χ3v) is 2.78. The molecule has 0 amide bonds. The minimum absolute atomic E-state index is 0. The summed E-state index contributed by atoms with van der Waals surface area (Å²) in [5.41, 5.74) is 6.05. The Morgan fingerprint density at radius 1 is 1.38 bits per heavy atom. The van der Waals surface area contributed by atoms with Crippen LogP contribution in [-0.4, -0.2) is 0 Å². The first kappa shape index (κ1) is 10.6. The highest BCUT2D eigenvalue weighted by molar-refractivity contribution is 5.85. The average Bonchev–Trinajstić information content (AvgIpc) is 2.77. The highest BCUT2D eigenvalue weighted by atomic mass is 35.5. The molecular formula is C10H16ClNO. The molecule has 0 aromatic carbocycles. The lowest BCUT2D eigenvalue weighted by Crippen LogP contribution is -2.18. The van der Waals surface area contributed by atoms with Gasteiger partial charge in [-0.15, -0.1) is 12.4 Å². The van der Waals surface area contributed by atoms with Crippen molar-refractivity contribution >= 4 is 12.4 Å². The zero-order valence-corrected chi connectivity index (χ0v) is 8.43. The van der Waals surface area contributed by atoms with Gasteiger partial charge in [0.25, 0.3) is 0 Å². The monoisotopic (exact) mass is 201 g/mol. The van der Waals surface area contributed by atoms with Crippen molar-refractivity contribution in [3.8, 4) is 0 Å². The van der Waals surface area contributed by atoms with Gasteiger partial charge >= 0.3 is 0 Å². The largest absolute Gasteiger partial charge is 0.468 e. The van der Waals surface area contributed by atoms with Crippen LogP contribution >= 0.6 is 12.4 Å². The van der Waals surface area contributed by atoms with E-state index in [2.05, 4.69) is 0 Å². The Morgan fingerprint density at radius 3 is 2.62 bits per heavy atom. The van der Waals surface area contributed by atoms with Crippen molar-refractivity contribution in [3.05, 3.63) is 24.2 Å². The number of nitrogens with two attached hydrogens (primary N) is 1. The maximum atomic E-state index is 6.05. The van der Waals surface area contributed by atoms with E-state index in [0.717, 1.165) is 5.76 Å². The van der Waals surface area contributed by atoms with Crippen LogP contribution in [0.15, 0.2) is 22.8 Å². The number of hydrogen-bond donors (Lipinski definition) is 1. The molecule has 2 rings (SSSR count). The minimum Gasteiger partial charge on any atom is -0.468 e. The first-order chi connectivity index (χ1) is 5.88. The quantitative estimate of drug-likeness (QED) is 0.799. The molecule has 1 aliphatic rings. The number of furan rings is 1. The van der Waals surface area contributed by atoms with Crippen LogP contribution in [0, 0.1) is 5.92 Å². The van der Waals surface area contributed by atoms with Gasteiger partial charge in [-0.25, -0.2) is 0 Å². The summed E-state index contributed by atoms with van der Waals surface area (Å²) in [6.07, 6.45) is 6.89. The van der Waals surface area contributed by atoms with Gasteiger partial charge in [0, 0.05) is 0 Å². The molecule has 0 radical (unpaired) electrons. The summed E-state index contributed by atoms with van der Waals surface area (Å²) < 4.78 is 5.28. The summed E-state index contributed by atoms with van der Waals surface area (Å²) in [4.78, 5) is 0. The number of halogens is 1. The van der Waals surface area contributed by atoms with E-state index in [0.29, 0.717) is 5.92 Å². The van der Waals surface area contributed by atoms with Crippen LogP contribution in [0.25, 0.3) is 0 Å². The summed E-state index contributed by atoms with van der Waals surface area (Å²) in [6, 6.07) is 4.01. The summed E-state index contributed by atoms with van der Waals surface area (Å²) >= 11 is 0. The normalized spacial score (nSPS) is 19.8. The van der Waals surface area contributed by atoms with Crippen molar-refractivity contribution in [2.45, 2.75) is 31.7 Å². The van der Waals surface area contributed by atoms with E-state index < -0.39 is 0 Å². The molecule has 1 heterocycles. The summed E-state index contributed by atoms with van der Waals surface area (Å²) in [5.74, 6) is 1.60. The third kappa shape index (κ3) is 2.26. The molecule has 0 unspecified atom stereocenters. The lowest BCUT2D eigenvalue weighted by molar-refractivity contribution is 0.369. The maximum absolute atomic E-state index is 6.05. The Balaban J connectivity index is 0.000000845. The second kappa shape index (κ2) is 4.68. The number of hydrogen-bond acceptors (Lipinski definition) is 2. The van der Waals surface area contributed by atoms with Gasteiger partial charge in [0.1, 0.15) is 5.76 Å². The first-order valence-electron chi connectivity index (χ1n) is 4.67. The van der Waals surface area contributed by atoms with Crippen LogP contribution in [0.4, 0.5) is 0 Å². The molecule has 2 N–H and O–H groups in total. The third-order valence-electron chi connectivity index (χ3n) is 2.78. The van der Waals surface area contributed by atoms with E-state index in [1.807, 2.05) is 12.1 Å². The second-order valence-corrected chi connectivity index (χ2v) is 3.59. The molecule has 3 heteroatoms. The molecular weight excluding hydrogens is 186 g/mol. The lowest BCUT2D eigenvalue weighted by Gasteiger charge is -2.15. The van der Waals surface area contributed by atoms with Gasteiger partial charge in [0.15, 0.2) is 0 Å². The van der Waals surface area contributed by atoms with E-state index >= 15 is 0 Å². The van der Waals surface area contributed by atoms with E-state index in [1.54, 1.807) is 6.26 Å². The molecule has 13 heavy (non-hydrogen) atoms. The standard InChI is InChI=1S/C10H15NO.ClH/c11-10(8-4-1-2-5-8)9-6-3-7-12-9;/h3,6-8,10H,1-2,4-5,11H2;1H/t10-;/m0./s1. The van der Waals surface area contributed by atoms with Crippen LogP contribution in [0.3, 0.4) is 0 Å². The maximum Gasteiger partial charge on any atom is 0.120 e. The lowest BCUT2D eigenvalue weighted by atomic mass is 9.97. The summed E-state index contributed by atoms with van der Waals surface area (Å²) in [5, 5.41) is 0. The van der Waals surface area contributed by atoms with Crippen LogP contribution in [-0.2, 0) is 0 Å². The summed E-state index contributed by atoms with van der Waals surface area (Å²) in [7, 11) is 0. The Bertz CT molecular complexity index is 229. The summed E-state index contributed by atoms with van der Waals surface area (Å²) in [6.45, 7) is 0. The van der Waals surface area contributed by atoms with Gasteiger partial charge in [-0.2, -0.15) is 0 Å². The second-order valence-electron chi connectivity index (χ2n) is 3.59. The Kier molecular flexibility index (Phi) is 3.82. The first-order valence-corrected chi connectivity index (χ1v) is 4.67. The highest BCUT2D eigenvalue weighted by Gasteiger charge is 2.24. The van der Waals surface area contributed by atoms with Crippen LogP contribution in [0.1, 0.15) is 37.5 Å². The van der Waals surface area contributed by atoms with E-state index in [-0.39, 0.29) is 18.4 Å². The Labute approximate surface area is 84.9 Å². The van der Waals surface area contributed by atoms with Gasteiger partial charge in [-0.1, -0.05) is 12.8 Å². The van der Waals surface area contributed by atoms with Gasteiger partial charge in [0.05, 0.1) is 12.3 Å². The smallest absolute Gasteiger partial charge is 0.120 e. The fourth-order valence-electron chi connectivity index (χ4n) is 2.03. The van der Waals surface area contributed by atoms with Crippen molar-refractivity contribution in [3.63, 3.8) is 0 Å². The van der Waals surface area contributed by atoms with Gasteiger partial charge in [-0.05, 0) is 30.9 Å². The van der Waals surface area contributed by atoms with E-state index in [4.69, 9.17) is 10.2 Å². The molecule has 1 saturated carbocycles. The molecule has 0 aliphatic heterocycles. The zero-order chi connectivity index (χ0) is 8.39. The molecule has 0 spiro atoms. The topological polar surface area (TPSA) is 39.2 Å². The van der Waals surface area contributed by atoms with Crippen molar-refractivity contribution in [2.24, 2.45) is 11.7 Å². The fraction of sp³-hybridized carbons (Fsp3) is 0.600. The van der Waals surface area contributed by atoms with Crippen molar-refractivity contribution in [1.82, 2.24) is 0 Å². The van der Waals surface area contributed by atoms with Crippen LogP contribution < -0.4 is 5.73 Å². The Morgan fingerprint density at radius 2 is 2.08 bits per heavy atom. The molecule has 1 aromatic rings.